The number of aliphatic hydroxyl groups is 1. The molecule has 0 aromatic heterocycles. The third-order valence-electron chi connectivity index (χ3n) is 3.15. The highest BCUT2D eigenvalue weighted by Crippen LogP contribution is 2.13. The van der Waals surface area contributed by atoms with Gasteiger partial charge in [0.1, 0.15) is 0 Å². The summed E-state index contributed by atoms with van der Waals surface area (Å²) in [5.74, 6) is -0.436. The van der Waals surface area contributed by atoms with Crippen molar-refractivity contribution in [2.75, 3.05) is 6.61 Å². The van der Waals surface area contributed by atoms with Crippen LogP contribution in [0, 0.1) is 0 Å². The fourth-order valence-corrected chi connectivity index (χ4v) is 2.05. The van der Waals surface area contributed by atoms with Crippen molar-refractivity contribution in [3.63, 3.8) is 0 Å². The molecule has 0 saturated carbocycles. The van der Waals surface area contributed by atoms with Crippen LogP contribution < -0.4 is 11.1 Å². The zero-order valence-electron chi connectivity index (χ0n) is 11.1. The predicted molar refractivity (Wildman–Crippen MR) is 78.1 cm³/mol. The van der Waals surface area contributed by atoms with E-state index in [1.807, 2.05) is 36.4 Å². The average Bonchev–Trinajstić information content (AvgIpc) is 2.49. The molecule has 1 amide bonds. The summed E-state index contributed by atoms with van der Waals surface area (Å²) < 4.78 is 0. The Labute approximate surface area is 118 Å². The zero-order chi connectivity index (χ0) is 14.4. The Hall–Kier alpha value is -2.17. The van der Waals surface area contributed by atoms with E-state index in [9.17, 15) is 9.90 Å². The molecule has 0 radical (unpaired) electrons. The summed E-state index contributed by atoms with van der Waals surface area (Å²) in [7, 11) is 0. The topological polar surface area (TPSA) is 75.4 Å². The molecule has 0 spiro atoms. The van der Waals surface area contributed by atoms with Crippen LogP contribution in [0.3, 0.4) is 0 Å². The van der Waals surface area contributed by atoms with Gasteiger partial charge in [0.2, 0.25) is 5.91 Å². The molecule has 0 bridgehead atoms. The lowest BCUT2D eigenvalue weighted by Gasteiger charge is -2.17. The van der Waals surface area contributed by atoms with Crippen molar-refractivity contribution in [1.29, 1.82) is 0 Å². The van der Waals surface area contributed by atoms with Gasteiger partial charge in [0, 0.05) is 12.1 Å². The van der Waals surface area contributed by atoms with E-state index in [2.05, 4.69) is 5.32 Å². The molecule has 4 N–H and O–H groups in total. The summed E-state index contributed by atoms with van der Waals surface area (Å²) >= 11 is 0. The summed E-state index contributed by atoms with van der Waals surface area (Å²) in [6, 6.07) is 16.8. The first kappa shape index (κ1) is 14.2. The highest BCUT2D eigenvalue weighted by atomic mass is 16.3. The first-order valence-corrected chi connectivity index (χ1v) is 6.48. The van der Waals surface area contributed by atoms with E-state index in [1.54, 1.807) is 18.2 Å². The largest absolute Gasteiger partial charge is 0.394 e. The Morgan fingerprint density at radius 2 is 1.90 bits per heavy atom. The van der Waals surface area contributed by atoms with Crippen LogP contribution in [-0.4, -0.2) is 17.6 Å². The number of nitrogens with one attached hydrogen (secondary N) is 1. The Morgan fingerprint density at radius 3 is 2.55 bits per heavy atom. The highest BCUT2D eigenvalue weighted by molar-refractivity contribution is 5.92. The number of hydrogen-bond acceptors (Lipinski definition) is 3. The molecule has 0 saturated heterocycles. The van der Waals surface area contributed by atoms with Gasteiger partial charge in [-0.05, 0) is 23.3 Å². The molecule has 2 aromatic carbocycles. The van der Waals surface area contributed by atoms with Gasteiger partial charge in [0.05, 0.1) is 12.6 Å². The average molecular weight is 270 g/mol. The highest BCUT2D eigenvalue weighted by Gasteiger charge is 2.09. The standard InChI is InChI=1S/C16H18N2O2/c17-16(20)14-8-4-5-12(9-14)10-18-15(11-19)13-6-2-1-3-7-13/h1-9,15,18-19H,10-11H2,(H2,17,20). The van der Waals surface area contributed by atoms with Gasteiger partial charge in [0.25, 0.3) is 0 Å². The fourth-order valence-electron chi connectivity index (χ4n) is 2.05. The van der Waals surface area contributed by atoms with Crippen LogP contribution in [0.2, 0.25) is 0 Å². The number of primary amides is 1. The molecule has 20 heavy (non-hydrogen) atoms. The van der Waals surface area contributed by atoms with Gasteiger partial charge in [-0.1, -0.05) is 42.5 Å². The Bertz CT molecular complexity index is 570. The van der Waals surface area contributed by atoms with Gasteiger partial charge in [-0.3, -0.25) is 4.79 Å². The first-order valence-electron chi connectivity index (χ1n) is 6.48. The first-order chi connectivity index (χ1) is 9.70. The molecule has 2 rings (SSSR count). The summed E-state index contributed by atoms with van der Waals surface area (Å²) in [5, 5.41) is 12.7. The van der Waals surface area contributed by atoms with E-state index < -0.39 is 5.91 Å². The maximum Gasteiger partial charge on any atom is 0.248 e. The van der Waals surface area contributed by atoms with Crippen molar-refractivity contribution in [3.05, 3.63) is 71.3 Å². The van der Waals surface area contributed by atoms with Crippen molar-refractivity contribution in [3.8, 4) is 0 Å². The van der Waals surface area contributed by atoms with E-state index in [0.717, 1.165) is 11.1 Å². The van der Waals surface area contributed by atoms with E-state index in [4.69, 9.17) is 5.73 Å². The lowest BCUT2D eigenvalue weighted by Crippen LogP contribution is -2.24. The number of benzene rings is 2. The molecule has 1 unspecified atom stereocenters. The second-order valence-electron chi connectivity index (χ2n) is 4.59. The zero-order valence-corrected chi connectivity index (χ0v) is 11.1. The maximum absolute atomic E-state index is 11.1. The minimum atomic E-state index is -0.436. The second kappa shape index (κ2) is 6.84. The van der Waals surface area contributed by atoms with Crippen LogP contribution in [0.15, 0.2) is 54.6 Å². The smallest absolute Gasteiger partial charge is 0.248 e. The minimum Gasteiger partial charge on any atom is -0.394 e. The SMILES string of the molecule is NC(=O)c1cccc(CNC(CO)c2ccccc2)c1. The van der Waals surface area contributed by atoms with Crippen LogP contribution in [-0.2, 0) is 6.54 Å². The summed E-state index contributed by atoms with van der Waals surface area (Å²) in [6.45, 7) is 0.570. The van der Waals surface area contributed by atoms with E-state index in [-0.39, 0.29) is 12.6 Å². The van der Waals surface area contributed by atoms with Crippen molar-refractivity contribution in [1.82, 2.24) is 5.32 Å². The van der Waals surface area contributed by atoms with Crippen molar-refractivity contribution >= 4 is 5.91 Å². The lowest BCUT2D eigenvalue weighted by molar-refractivity contribution is 0.1000. The van der Waals surface area contributed by atoms with E-state index in [1.165, 1.54) is 0 Å². The van der Waals surface area contributed by atoms with Crippen LogP contribution in [0.25, 0.3) is 0 Å². The molecule has 4 nitrogen and oxygen atoms in total. The van der Waals surface area contributed by atoms with Crippen LogP contribution in [0.4, 0.5) is 0 Å². The Balaban J connectivity index is 2.03. The Kier molecular flexibility index (Phi) is 4.87. The number of rotatable bonds is 6. The molecule has 0 fully saturated rings. The van der Waals surface area contributed by atoms with Crippen LogP contribution in [0.5, 0.6) is 0 Å². The van der Waals surface area contributed by atoms with E-state index in [0.29, 0.717) is 12.1 Å². The van der Waals surface area contributed by atoms with Crippen molar-refractivity contribution < 1.29 is 9.90 Å². The van der Waals surface area contributed by atoms with Crippen molar-refractivity contribution in [2.45, 2.75) is 12.6 Å². The number of carbonyl (C=O) groups is 1. The summed E-state index contributed by atoms with van der Waals surface area (Å²) in [4.78, 5) is 11.1. The molecule has 2 aromatic rings. The molecular formula is C16H18N2O2. The van der Waals surface area contributed by atoms with Gasteiger partial charge in [0.15, 0.2) is 0 Å². The normalized spacial score (nSPS) is 12.1. The second-order valence-corrected chi connectivity index (χ2v) is 4.59. The molecule has 0 aliphatic rings. The molecule has 1 atom stereocenters. The van der Waals surface area contributed by atoms with Gasteiger partial charge < -0.3 is 16.2 Å². The molecule has 0 heterocycles. The Morgan fingerprint density at radius 1 is 1.15 bits per heavy atom. The third-order valence-corrected chi connectivity index (χ3v) is 3.15. The summed E-state index contributed by atoms with van der Waals surface area (Å²) in [6.07, 6.45) is 0. The molecule has 104 valence electrons. The van der Waals surface area contributed by atoms with Gasteiger partial charge in [-0.25, -0.2) is 0 Å². The third kappa shape index (κ3) is 3.66. The lowest BCUT2D eigenvalue weighted by atomic mass is 10.1. The van der Waals surface area contributed by atoms with Gasteiger partial charge in [-0.15, -0.1) is 0 Å². The van der Waals surface area contributed by atoms with Crippen LogP contribution >= 0.6 is 0 Å². The number of amides is 1. The summed E-state index contributed by atoms with van der Waals surface area (Å²) in [5.41, 5.74) is 7.73. The predicted octanol–water partition coefficient (Wildman–Crippen LogP) is 1.61. The number of carbonyl (C=O) groups excluding carboxylic acids is 1. The fraction of sp³-hybridized carbons (Fsp3) is 0.188. The molecule has 0 aliphatic carbocycles. The van der Waals surface area contributed by atoms with E-state index >= 15 is 0 Å². The monoisotopic (exact) mass is 270 g/mol. The van der Waals surface area contributed by atoms with Crippen LogP contribution in [0.1, 0.15) is 27.5 Å². The molecule has 0 aliphatic heterocycles. The quantitative estimate of drug-likeness (QED) is 0.746. The van der Waals surface area contributed by atoms with Gasteiger partial charge >= 0.3 is 0 Å². The number of aliphatic hydroxyl groups excluding tert-OH is 1. The number of hydrogen-bond donors (Lipinski definition) is 3. The van der Waals surface area contributed by atoms with Gasteiger partial charge in [-0.2, -0.15) is 0 Å². The number of nitrogens with two attached hydrogens (primary N) is 1. The van der Waals surface area contributed by atoms with Crippen molar-refractivity contribution in [2.24, 2.45) is 5.73 Å². The molecule has 4 heteroatoms. The maximum atomic E-state index is 11.1. The minimum absolute atomic E-state index is 0.0134. The molecular weight excluding hydrogens is 252 g/mol.